The summed E-state index contributed by atoms with van der Waals surface area (Å²) in [6.45, 7) is -0.594. The van der Waals surface area contributed by atoms with E-state index in [2.05, 4.69) is 5.32 Å². The molecule has 11 heteroatoms. The third-order valence-corrected chi connectivity index (χ3v) is 5.07. The number of rotatable bonds is 6. The summed E-state index contributed by atoms with van der Waals surface area (Å²) < 4.78 is 65.8. The zero-order chi connectivity index (χ0) is 19.4. The summed E-state index contributed by atoms with van der Waals surface area (Å²) in [6, 6.07) is 6.03. The maximum atomic E-state index is 12.3. The summed E-state index contributed by atoms with van der Waals surface area (Å²) in [5, 5.41) is 2.77. The molecule has 0 atom stereocenters. The summed E-state index contributed by atoms with van der Waals surface area (Å²) in [7, 11) is -3.28. The quantitative estimate of drug-likeness (QED) is 0.782. The Hall–Kier alpha value is -2.01. The highest BCUT2D eigenvalue weighted by Gasteiger charge is 2.29. The molecule has 1 N–H and O–H groups in total. The van der Waals surface area contributed by atoms with Crippen molar-refractivity contribution in [2.24, 2.45) is 0 Å². The molecule has 1 amide bonds. The van der Waals surface area contributed by atoms with Crippen LogP contribution in [0.15, 0.2) is 24.3 Å². The molecule has 0 aliphatic carbocycles. The Morgan fingerprint density at radius 2 is 1.81 bits per heavy atom. The number of para-hydroxylation sites is 2. The van der Waals surface area contributed by atoms with Gasteiger partial charge in [0.2, 0.25) is 15.9 Å². The van der Waals surface area contributed by atoms with Crippen LogP contribution in [0.3, 0.4) is 0 Å². The minimum Gasteiger partial charge on any atom is -0.482 e. The summed E-state index contributed by atoms with van der Waals surface area (Å²) in [6.07, 6.45) is -3.34. The number of carbonyl (C=O) groups is 1. The summed E-state index contributed by atoms with van der Waals surface area (Å²) in [5.41, 5.74) is 0.278. The third-order valence-electron chi connectivity index (χ3n) is 3.77. The van der Waals surface area contributed by atoms with Crippen LogP contribution in [0.4, 0.5) is 18.9 Å². The van der Waals surface area contributed by atoms with Crippen molar-refractivity contribution >= 4 is 21.6 Å². The first-order valence-electron chi connectivity index (χ1n) is 7.81. The second-order valence-electron chi connectivity index (χ2n) is 5.80. The Morgan fingerprint density at radius 1 is 1.19 bits per heavy atom. The lowest BCUT2D eigenvalue weighted by atomic mass is 10.3. The topological polar surface area (TPSA) is 79.0 Å². The van der Waals surface area contributed by atoms with E-state index in [1.54, 1.807) is 6.07 Å². The van der Waals surface area contributed by atoms with E-state index in [0.29, 0.717) is 0 Å². The minimum absolute atomic E-state index is 0.000444. The second kappa shape index (κ2) is 8.12. The average Bonchev–Trinajstić information content (AvgIpc) is 2.57. The lowest BCUT2D eigenvalue weighted by Crippen LogP contribution is -2.51. The number of alkyl halides is 3. The molecular formula is C15H20F3N3O4S. The number of carbonyl (C=O) groups excluding carboxylic acids is 1. The van der Waals surface area contributed by atoms with E-state index in [-0.39, 0.29) is 50.1 Å². The van der Waals surface area contributed by atoms with Crippen LogP contribution >= 0.6 is 0 Å². The van der Waals surface area contributed by atoms with E-state index in [9.17, 15) is 26.4 Å². The monoisotopic (exact) mass is 395 g/mol. The number of hydrogen-bond donors (Lipinski definition) is 1. The highest BCUT2D eigenvalue weighted by Crippen LogP contribution is 2.26. The second-order valence-corrected chi connectivity index (χ2v) is 7.78. The van der Waals surface area contributed by atoms with Crippen LogP contribution in [0.2, 0.25) is 0 Å². The predicted octanol–water partition coefficient (Wildman–Crippen LogP) is 1.14. The maximum absolute atomic E-state index is 12.3. The highest BCUT2D eigenvalue weighted by atomic mass is 32.2. The fourth-order valence-electron chi connectivity index (χ4n) is 2.45. The first-order valence-corrected chi connectivity index (χ1v) is 9.66. The number of benzene rings is 1. The van der Waals surface area contributed by atoms with Crippen molar-refractivity contribution in [3.63, 3.8) is 0 Å². The molecule has 7 nitrogen and oxygen atoms in total. The van der Waals surface area contributed by atoms with E-state index in [1.165, 1.54) is 27.4 Å². The molecule has 2 rings (SSSR count). The smallest absolute Gasteiger partial charge is 0.422 e. The Labute approximate surface area is 149 Å². The molecule has 0 spiro atoms. The maximum Gasteiger partial charge on any atom is 0.422 e. The number of halogens is 3. The van der Waals surface area contributed by atoms with Crippen molar-refractivity contribution in [2.45, 2.75) is 6.18 Å². The van der Waals surface area contributed by atoms with Gasteiger partial charge in [0, 0.05) is 26.2 Å². The van der Waals surface area contributed by atoms with Crippen molar-refractivity contribution in [3.05, 3.63) is 24.3 Å². The summed E-state index contributed by atoms with van der Waals surface area (Å²) >= 11 is 0. The number of amides is 1. The summed E-state index contributed by atoms with van der Waals surface area (Å²) in [4.78, 5) is 13.7. The van der Waals surface area contributed by atoms with E-state index in [4.69, 9.17) is 4.74 Å². The molecule has 1 saturated heterocycles. The molecular weight excluding hydrogens is 375 g/mol. The van der Waals surface area contributed by atoms with E-state index < -0.39 is 22.8 Å². The molecule has 0 aromatic heterocycles. The van der Waals surface area contributed by atoms with Crippen LogP contribution in [0.1, 0.15) is 0 Å². The van der Waals surface area contributed by atoms with Crippen LogP contribution in [-0.4, -0.2) is 75.3 Å². The molecule has 1 aromatic rings. The average molecular weight is 395 g/mol. The third kappa shape index (κ3) is 6.06. The SMILES string of the molecule is CS(=O)(=O)N1CCN(C(=O)CNc2ccccc2OCC(F)(F)F)CC1. The lowest BCUT2D eigenvalue weighted by molar-refractivity contribution is -0.153. The summed E-state index contributed by atoms with van der Waals surface area (Å²) in [5.74, 6) is -0.275. The van der Waals surface area contributed by atoms with Crippen LogP contribution in [0.5, 0.6) is 5.75 Å². The fraction of sp³-hybridized carbons (Fsp3) is 0.533. The van der Waals surface area contributed by atoms with Crippen molar-refractivity contribution < 1.29 is 31.1 Å². The minimum atomic E-state index is -4.46. The Balaban J connectivity index is 1.88. The lowest BCUT2D eigenvalue weighted by Gasteiger charge is -2.33. The Bertz CT molecular complexity index is 732. The van der Waals surface area contributed by atoms with Gasteiger partial charge in [-0.25, -0.2) is 8.42 Å². The van der Waals surface area contributed by atoms with Gasteiger partial charge in [0.15, 0.2) is 6.61 Å². The van der Waals surface area contributed by atoms with Gasteiger partial charge in [-0.05, 0) is 12.1 Å². The largest absolute Gasteiger partial charge is 0.482 e. The zero-order valence-corrected chi connectivity index (χ0v) is 14.9. The van der Waals surface area contributed by atoms with Gasteiger partial charge in [0.25, 0.3) is 0 Å². The molecule has 1 fully saturated rings. The van der Waals surface area contributed by atoms with Crippen LogP contribution in [-0.2, 0) is 14.8 Å². The first kappa shape index (κ1) is 20.3. The Morgan fingerprint density at radius 3 is 2.38 bits per heavy atom. The molecule has 146 valence electrons. The number of piperazine rings is 1. The number of ether oxygens (including phenoxy) is 1. The number of sulfonamides is 1. The molecule has 0 unspecified atom stereocenters. The van der Waals surface area contributed by atoms with Crippen LogP contribution in [0, 0.1) is 0 Å². The zero-order valence-electron chi connectivity index (χ0n) is 14.1. The van der Waals surface area contributed by atoms with Crippen molar-refractivity contribution in [1.29, 1.82) is 0 Å². The van der Waals surface area contributed by atoms with Gasteiger partial charge in [-0.2, -0.15) is 17.5 Å². The Kier molecular flexibility index (Phi) is 6.34. The van der Waals surface area contributed by atoms with E-state index >= 15 is 0 Å². The van der Waals surface area contributed by atoms with Gasteiger partial charge in [0.05, 0.1) is 18.5 Å². The highest BCUT2D eigenvalue weighted by molar-refractivity contribution is 7.88. The van der Waals surface area contributed by atoms with Gasteiger partial charge in [-0.3, -0.25) is 4.79 Å². The molecule has 1 aliphatic rings. The van der Waals surface area contributed by atoms with E-state index in [1.807, 2.05) is 0 Å². The first-order chi connectivity index (χ1) is 12.1. The number of hydrogen-bond acceptors (Lipinski definition) is 5. The standard InChI is InChI=1S/C15H20F3N3O4S/c1-26(23,24)21-8-6-20(7-9-21)14(22)10-19-12-4-2-3-5-13(12)25-11-15(16,17)18/h2-5,19H,6-11H2,1H3. The normalized spacial score (nSPS) is 16.4. The van der Waals surface area contributed by atoms with Gasteiger partial charge in [0.1, 0.15) is 5.75 Å². The molecule has 0 bridgehead atoms. The molecule has 0 radical (unpaired) electrons. The molecule has 1 heterocycles. The molecule has 1 aromatic carbocycles. The predicted molar refractivity (Wildman–Crippen MR) is 89.5 cm³/mol. The number of anilines is 1. The molecule has 1 aliphatic heterocycles. The van der Waals surface area contributed by atoms with Gasteiger partial charge in [-0.15, -0.1) is 0 Å². The van der Waals surface area contributed by atoms with Gasteiger partial charge in [-0.1, -0.05) is 12.1 Å². The molecule has 0 saturated carbocycles. The van der Waals surface area contributed by atoms with Crippen LogP contribution < -0.4 is 10.1 Å². The van der Waals surface area contributed by atoms with Crippen LogP contribution in [0.25, 0.3) is 0 Å². The van der Waals surface area contributed by atoms with E-state index in [0.717, 1.165) is 6.26 Å². The van der Waals surface area contributed by atoms with Crippen molar-refractivity contribution in [1.82, 2.24) is 9.21 Å². The fourth-order valence-corrected chi connectivity index (χ4v) is 3.28. The molecule has 26 heavy (non-hydrogen) atoms. The van der Waals surface area contributed by atoms with Gasteiger partial charge >= 0.3 is 6.18 Å². The number of nitrogens with zero attached hydrogens (tertiary/aromatic N) is 2. The van der Waals surface area contributed by atoms with Gasteiger partial charge < -0.3 is 15.0 Å². The number of nitrogens with one attached hydrogen (secondary N) is 1. The van der Waals surface area contributed by atoms with Crippen molar-refractivity contribution in [2.75, 3.05) is 50.9 Å². The van der Waals surface area contributed by atoms with Crippen molar-refractivity contribution in [3.8, 4) is 5.75 Å².